The lowest BCUT2D eigenvalue weighted by Crippen LogP contribution is -2.45. The summed E-state index contributed by atoms with van der Waals surface area (Å²) in [6.07, 6.45) is -2.95. The first-order chi connectivity index (χ1) is 12.8. The van der Waals surface area contributed by atoms with Crippen molar-refractivity contribution in [3.8, 4) is 11.3 Å². The SMILES string of the molecule is CN1CCN(c2ccc(-c3cnc4ccc(Cl)nn34)cc2C(F)(F)F)CC1. The third-order valence-electron chi connectivity index (χ3n) is 4.77. The Bertz CT molecular complexity index is 977. The van der Waals surface area contributed by atoms with Crippen LogP contribution in [0.25, 0.3) is 16.9 Å². The molecule has 0 bridgehead atoms. The zero-order chi connectivity index (χ0) is 19.2. The van der Waals surface area contributed by atoms with Crippen molar-refractivity contribution in [2.75, 3.05) is 38.1 Å². The van der Waals surface area contributed by atoms with E-state index in [1.54, 1.807) is 23.1 Å². The summed E-state index contributed by atoms with van der Waals surface area (Å²) in [5.74, 6) is 0. The summed E-state index contributed by atoms with van der Waals surface area (Å²) in [5, 5.41) is 4.39. The summed E-state index contributed by atoms with van der Waals surface area (Å²) in [5.41, 5.74) is 0.928. The topological polar surface area (TPSA) is 36.7 Å². The van der Waals surface area contributed by atoms with Crippen LogP contribution in [0.15, 0.2) is 36.5 Å². The second-order valence-corrected chi connectivity index (χ2v) is 6.98. The Hall–Kier alpha value is -2.32. The van der Waals surface area contributed by atoms with Gasteiger partial charge in [0.05, 0.1) is 17.5 Å². The monoisotopic (exact) mass is 395 g/mol. The second kappa shape index (κ2) is 6.69. The van der Waals surface area contributed by atoms with Crippen LogP contribution in [0.2, 0.25) is 5.15 Å². The van der Waals surface area contributed by atoms with E-state index in [9.17, 15) is 13.2 Å². The molecule has 142 valence electrons. The maximum atomic E-state index is 13.8. The number of rotatable bonds is 2. The average Bonchev–Trinajstić information content (AvgIpc) is 3.04. The molecule has 9 heteroatoms. The third kappa shape index (κ3) is 3.46. The number of imidazole rings is 1. The van der Waals surface area contributed by atoms with E-state index in [4.69, 9.17) is 11.6 Å². The summed E-state index contributed by atoms with van der Waals surface area (Å²) in [6.45, 7) is 2.58. The smallest absolute Gasteiger partial charge is 0.368 e. The molecule has 0 spiro atoms. The van der Waals surface area contributed by atoms with E-state index in [1.807, 2.05) is 7.05 Å². The molecular weight excluding hydrogens is 379 g/mol. The summed E-state index contributed by atoms with van der Waals surface area (Å²) < 4.78 is 42.8. The fraction of sp³-hybridized carbons (Fsp3) is 0.333. The highest BCUT2D eigenvalue weighted by molar-refractivity contribution is 6.29. The summed E-state index contributed by atoms with van der Waals surface area (Å²) in [6, 6.07) is 7.63. The van der Waals surface area contributed by atoms with Crippen LogP contribution in [0.4, 0.5) is 18.9 Å². The molecule has 0 radical (unpaired) electrons. The number of nitrogens with zero attached hydrogens (tertiary/aromatic N) is 5. The van der Waals surface area contributed by atoms with Crippen LogP contribution in [-0.4, -0.2) is 52.7 Å². The standard InChI is InChI=1S/C18H17ClF3N5/c1-25-6-8-26(9-7-25)14-3-2-12(10-13(14)18(20,21)22)15-11-23-17-5-4-16(19)24-27(15)17/h2-5,10-11H,6-9H2,1H3. The van der Waals surface area contributed by atoms with Crippen molar-refractivity contribution < 1.29 is 13.2 Å². The summed E-state index contributed by atoms with van der Waals surface area (Å²) in [7, 11) is 1.97. The van der Waals surface area contributed by atoms with Crippen LogP contribution >= 0.6 is 11.6 Å². The molecule has 2 aromatic heterocycles. The average molecular weight is 396 g/mol. The van der Waals surface area contributed by atoms with E-state index >= 15 is 0 Å². The van der Waals surface area contributed by atoms with Crippen molar-refractivity contribution in [2.24, 2.45) is 0 Å². The minimum atomic E-state index is -4.46. The van der Waals surface area contributed by atoms with Gasteiger partial charge >= 0.3 is 6.18 Å². The van der Waals surface area contributed by atoms with Gasteiger partial charge in [0.2, 0.25) is 0 Å². The number of piperazine rings is 1. The minimum Gasteiger partial charge on any atom is -0.368 e. The van der Waals surface area contributed by atoms with E-state index in [0.29, 0.717) is 30.0 Å². The van der Waals surface area contributed by atoms with Gasteiger partial charge in [0.1, 0.15) is 5.15 Å². The van der Waals surface area contributed by atoms with Crippen LogP contribution in [0.5, 0.6) is 0 Å². The van der Waals surface area contributed by atoms with E-state index in [-0.39, 0.29) is 10.8 Å². The molecule has 1 aliphatic rings. The highest BCUT2D eigenvalue weighted by Crippen LogP contribution is 2.39. The fourth-order valence-corrected chi connectivity index (χ4v) is 3.43. The number of halogens is 4. The van der Waals surface area contributed by atoms with Gasteiger partial charge in [0.25, 0.3) is 0 Å². The Balaban J connectivity index is 1.80. The van der Waals surface area contributed by atoms with Crippen molar-refractivity contribution in [1.82, 2.24) is 19.5 Å². The molecule has 1 aliphatic heterocycles. The molecule has 1 fully saturated rings. The second-order valence-electron chi connectivity index (χ2n) is 6.59. The van der Waals surface area contributed by atoms with Crippen molar-refractivity contribution in [2.45, 2.75) is 6.18 Å². The Labute approximate surface area is 159 Å². The molecule has 1 aromatic carbocycles. The van der Waals surface area contributed by atoms with Crippen molar-refractivity contribution in [3.63, 3.8) is 0 Å². The Morgan fingerprint density at radius 2 is 1.78 bits per heavy atom. The molecule has 0 aliphatic carbocycles. The molecule has 27 heavy (non-hydrogen) atoms. The largest absolute Gasteiger partial charge is 0.418 e. The molecule has 0 amide bonds. The van der Waals surface area contributed by atoms with Gasteiger partial charge in [-0.25, -0.2) is 9.50 Å². The Kier molecular flexibility index (Phi) is 4.47. The third-order valence-corrected chi connectivity index (χ3v) is 4.97. The predicted molar refractivity (Wildman–Crippen MR) is 98.1 cm³/mol. The van der Waals surface area contributed by atoms with E-state index in [0.717, 1.165) is 13.1 Å². The number of aromatic nitrogens is 3. The maximum Gasteiger partial charge on any atom is 0.418 e. The predicted octanol–water partition coefficient (Wildman–Crippen LogP) is 3.82. The quantitative estimate of drug-likeness (QED) is 0.661. The minimum absolute atomic E-state index is 0.208. The van der Waals surface area contributed by atoms with Gasteiger partial charge in [-0.2, -0.15) is 18.3 Å². The van der Waals surface area contributed by atoms with Crippen LogP contribution in [-0.2, 0) is 6.18 Å². The van der Waals surface area contributed by atoms with Gasteiger partial charge in [-0.05, 0) is 31.3 Å². The Morgan fingerprint density at radius 3 is 2.48 bits per heavy atom. The van der Waals surface area contributed by atoms with Crippen LogP contribution in [0.1, 0.15) is 5.56 Å². The molecule has 1 saturated heterocycles. The molecule has 0 N–H and O–H groups in total. The molecule has 3 heterocycles. The van der Waals surface area contributed by atoms with Gasteiger partial charge in [0.15, 0.2) is 5.65 Å². The fourth-order valence-electron chi connectivity index (χ4n) is 3.29. The number of alkyl halides is 3. The van der Waals surface area contributed by atoms with Gasteiger partial charge in [-0.3, -0.25) is 0 Å². The Morgan fingerprint density at radius 1 is 1.04 bits per heavy atom. The van der Waals surface area contributed by atoms with Crippen molar-refractivity contribution >= 4 is 22.9 Å². The number of anilines is 1. The van der Waals surface area contributed by atoms with Crippen molar-refractivity contribution in [1.29, 1.82) is 0 Å². The van der Waals surface area contributed by atoms with Gasteiger partial charge in [-0.15, -0.1) is 0 Å². The van der Waals surface area contributed by atoms with Gasteiger partial charge in [0, 0.05) is 37.4 Å². The first kappa shape index (κ1) is 18.1. The maximum absolute atomic E-state index is 13.8. The van der Waals surface area contributed by atoms with Crippen LogP contribution in [0.3, 0.4) is 0 Å². The zero-order valence-corrected chi connectivity index (χ0v) is 15.3. The molecule has 3 aromatic rings. The number of hydrogen-bond donors (Lipinski definition) is 0. The van der Waals surface area contributed by atoms with Crippen LogP contribution in [0, 0.1) is 0 Å². The first-order valence-corrected chi connectivity index (χ1v) is 8.86. The highest BCUT2D eigenvalue weighted by atomic mass is 35.5. The highest BCUT2D eigenvalue weighted by Gasteiger charge is 2.36. The molecule has 0 atom stereocenters. The molecule has 0 unspecified atom stereocenters. The van der Waals surface area contributed by atoms with Gasteiger partial charge < -0.3 is 9.80 Å². The lowest BCUT2D eigenvalue weighted by atomic mass is 10.0. The van der Waals surface area contributed by atoms with E-state index in [1.165, 1.54) is 22.8 Å². The lowest BCUT2D eigenvalue weighted by Gasteiger charge is -2.35. The zero-order valence-electron chi connectivity index (χ0n) is 14.5. The molecular formula is C18H17ClF3N5. The van der Waals surface area contributed by atoms with E-state index in [2.05, 4.69) is 15.0 Å². The molecule has 4 rings (SSSR count). The normalized spacial score (nSPS) is 16.3. The number of likely N-dealkylation sites (N-methyl/N-ethyl adjacent to an activating group) is 1. The molecule has 5 nitrogen and oxygen atoms in total. The lowest BCUT2D eigenvalue weighted by molar-refractivity contribution is -0.137. The number of hydrogen-bond acceptors (Lipinski definition) is 4. The number of benzene rings is 1. The first-order valence-electron chi connectivity index (χ1n) is 8.48. The van der Waals surface area contributed by atoms with Gasteiger partial charge in [-0.1, -0.05) is 17.7 Å². The number of fused-ring (bicyclic) bond motifs is 1. The summed E-state index contributed by atoms with van der Waals surface area (Å²) in [4.78, 5) is 8.08. The summed E-state index contributed by atoms with van der Waals surface area (Å²) >= 11 is 5.93. The van der Waals surface area contributed by atoms with E-state index < -0.39 is 11.7 Å². The molecule has 0 saturated carbocycles. The van der Waals surface area contributed by atoms with Crippen LogP contribution < -0.4 is 4.90 Å². The van der Waals surface area contributed by atoms with Crippen molar-refractivity contribution in [3.05, 3.63) is 47.2 Å².